The molecule has 138 valence electrons. The summed E-state index contributed by atoms with van der Waals surface area (Å²) in [4.78, 5) is 14.6. The third-order valence-electron chi connectivity index (χ3n) is 4.21. The molecule has 9 nitrogen and oxygen atoms in total. The van der Waals surface area contributed by atoms with E-state index in [1.54, 1.807) is 37.0 Å². The Bertz CT molecular complexity index is 1130. The summed E-state index contributed by atoms with van der Waals surface area (Å²) in [6.07, 6.45) is 3.31. The van der Waals surface area contributed by atoms with Gasteiger partial charge in [-0.3, -0.25) is 9.89 Å². The van der Waals surface area contributed by atoms with Gasteiger partial charge in [-0.2, -0.15) is 5.10 Å². The first-order valence-corrected chi connectivity index (χ1v) is 8.45. The van der Waals surface area contributed by atoms with E-state index in [0.29, 0.717) is 29.0 Å². The predicted molar refractivity (Wildman–Crippen MR) is 101 cm³/mol. The normalized spacial score (nSPS) is 11.8. The van der Waals surface area contributed by atoms with Crippen molar-refractivity contribution in [1.82, 2.24) is 30.2 Å². The monoisotopic (exact) mass is 365 g/mol. The smallest absolute Gasteiger partial charge is 0.261 e. The van der Waals surface area contributed by atoms with Gasteiger partial charge in [-0.15, -0.1) is 5.10 Å². The molecule has 0 saturated carbocycles. The lowest BCUT2D eigenvalue weighted by atomic mass is 10.1. The Morgan fingerprint density at radius 1 is 1.22 bits per heavy atom. The van der Waals surface area contributed by atoms with Gasteiger partial charge in [-0.1, -0.05) is 17.3 Å². The van der Waals surface area contributed by atoms with Gasteiger partial charge in [0.15, 0.2) is 5.82 Å². The molecule has 0 radical (unpaired) electrons. The first-order chi connectivity index (χ1) is 12.9. The number of nitrogens with zero attached hydrogens (tertiary/aromatic N) is 4. The number of anilines is 2. The van der Waals surface area contributed by atoms with Crippen molar-refractivity contribution in [3.05, 3.63) is 64.3 Å². The number of fused-ring (bicyclic) bond motifs is 1. The standard InChI is InChI=1S/C18H19N7O2/c1-18(2,27)14-10-25(24-22-14)9-11-3-5-12(6-4-11)20-16-15-13(21-23-16)7-8-19-17(15)26/h3-8,10,27H,9H2,1-2H3,(H,19,26)(H2,20,21,23). The maximum atomic E-state index is 12.0. The largest absolute Gasteiger partial charge is 0.384 e. The van der Waals surface area contributed by atoms with Gasteiger partial charge in [0.25, 0.3) is 5.56 Å². The average Bonchev–Trinajstić information content (AvgIpc) is 3.25. The van der Waals surface area contributed by atoms with Crippen LogP contribution in [0.15, 0.2) is 47.5 Å². The maximum absolute atomic E-state index is 12.0. The van der Waals surface area contributed by atoms with E-state index in [1.807, 2.05) is 24.3 Å². The van der Waals surface area contributed by atoms with Gasteiger partial charge in [0.05, 0.1) is 18.3 Å². The number of hydrogen-bond acceptors (Lipinski definition) is 6. The van der Waals surface area contributed by atoms with Crippen molar-refractivity contribution in [1.29, 1.82) is 0 Å². The Morgan fingerprint density at radius 2 is 2.00 bits per heavy atom. The lowest BCUT2D eigenvalue weighted by Gasteiger charge is -2.11. The molecule has 0 bridgehead atoms. The maximum Gasteiger partial charge on any atom is 0.261 e. The number of nitrogens with one attached hydrogen (secondary N) is 3. The second-order valence-corrected chi connectivity index (χ2v) is 6.85. The van der Waals surface area contributed by atoms with Crippen LogP contribution in [0.4, 0.5) is 11.5 Å². The van der Waals surface area contributed by atoms with Crippen LogP contribution in [0.2, 0.25) is 0 Å². The fourth-order valence-corrected chi connectivity index (χ4v) is 2.74. The second kappa shape index (κ2) is 6.36. The van der Waals surface area contributed by atoms with Crippen molar-refractivity contribution in [3.8, 4) is 0 Å². The molecule has 27 heavy (non-hydrogen) atoms. The van der Waals surface area contributed by atoms with Crippen LogP contribution >= 0.6 is 0 Å². The van der Waals surface area contributed by atoms with Crippen LogP contribution in [0.5, 0.6) is 0 Å². The number of rotatable bonds is 5. The molecule has 0 aliphatic heterocycles. The predicted octanol–water partition coefficient (Wildman–Crippen LogP) is 1.86. The van der Waals surface area contributed by atoms with Gasteiger partial charge >= 0.3 is 0 Å². The fraction of sp³-hybridized carbons (Fsp3) is 0.222. The Kier molecular flexibility index (Phi) is 4.00. The highest BCUT2D eigenvalue weighted by molar-refractivity contribution is 5.90. The Morgan fingerprint density at radius 3 is 2.70 bits per heavy atom. The second-order valence-electron chi connectivity index (χ2n) is 6.85. The lowest BCUT2D eigenvalue weighted by Crippen LogP contribution is -2.15. The molecule has 3 heterocycles. The van der Waals surface area contributed by atoms with Gasteiger partial charge < -0.3 is 15.4 Å². The van der Waals surface area contributed by atoms with Crippen molar-refractivity contribution in [2.45, 2.75) is 26.0 Å². The highest BCUT2D eigenvalue weighted by Gasteiger charge is 2.20. The summed E-state index contributed by atoms with van der Waals surface area (Å²) in [6, 6.07) is 9.47. The highest BCUT2D eigenvalue weighted by atomic mass is 16.3. The molecule has 4 rings (SSSR count). The molecule has 0 saturated heterocycles. The molecule has 0 amide bonds. The summed E-state index contributed by atoms with van der Waals surface area (Å²) in [5.74, 6) is 0.477. The number of aliphatic hydroxyl groups is 1. The number of pyridine rings is 1. The van der Waals surface area contributed by atoms with Crippen molar-refractivity contribution in [2.75, 3.05) is 5.32 Å². The topological polar surface area (TPSA) is 125 Å². The van der Waals surface area contributed by atoms with E-state index in [2.05, 4.69) is 30.8 Å². The minimum absolute atomic E-state index is 0.200. The van der Waals surface area contributed by atoms with E-state index in [-0.39, 0.29) is 5.56 Å². The lowest BCUT2D eigenvalue weighted by molar-refractivity contribution is 0.0737. The van der Waals surface area contributed by atoms with E-state index in [4.69, 9.17) is 0 Å². The molecule has 0 aliphatic rings. The van der Waals surface area contributed by atoms with Crippen molar-refractivity contribution < 1.29 is 5.11 Å². The molecule has 0 atom stereocenters. The van der Waals surface area contributed by atoms with Crippen LogP contribution in [0.1, 0.15) is 25.1 Å². The van der Waals surface area contributed by atoms with E-state index in [1.165, 1.54) is 0 Å². The Labute approximate surface area is 154 Å². The first-order valence-electron chi connectivity index (χ1n) is 8.45. The van der Waals surface area contributed by atoms with Gasteiger partial charge in [0.1, 0.15) is 16.7 Å². The van der Waals surface area contributed by atoms with E-state index < -0.39 is 5.60 Å². The molecule has 4 aromatic rings. The van der Waals surface area contributed by atoms with Crippen LogP contribution in [0.3, 0.4) is 0 Å². The highest BCUT2D eigenvalue weighted by Crippen LogP contribution is 2.21. The van der Waals surface area contributed by atoms with Crippen molar-refractivity contribution in [3.63, 3.8) is 0 Å². The quantitative estimate of drug-likeness (QED) is 0.428. The number of hydrogen-bond donors (Lipinski definition) is 4. The number of benzene rings is 1. The number of H-pyrrole nitrogens is 2. The molecule has 0 unspecified atom stereocenters. The zero-order valence-corrected chi connectivity index (χ0v) is 14.9. The molecule has 0 fully saturated rings. The van der Waals surface area contributed by atoms with Gasteiger partial charge in [0, 0.05) is 11.9 Å². The van der Waals surface area contributed by atoms with E-state index in [9.17, 15) is 9.90 Å². The molecule has 1 aromatic carbocycles. The van der Waals surface area contributed by atoms with Gasteiger partial charge in [-0.25, -0.2) is 4.68 Å². The van der Waals surface area contributed by atoms with Crippen LogP contribution in [0, 0.1) is 0 Å². The number of aromatic amines is 2. The van der Waals surface area contributed by atoms with Gasteiger partial charge in [0.2, 0.25) is 0 Å². The minimum atomic E-state index is -1.02. The summed E-state index contributed by atoms with van der Waals surface area (Å²) in [5.41, 5.74) is 1.82. The average molecular weight is 365 g/mol. The van der Waals surface area contributed by atoms with Crippen molar-refractivity contribution >= 4 is 22.4 Å². The third-order valence-corrected chi connectivity index (χ3v) is 4.21. The Hall–Kier alpha value is -3.46. The molecular formula is C18H19N7O2. The van der Waals surface area contributed by atoms with E-state index in [0.717, 1.165) is 11.3 Å². The van der Waals surface area contributed by atoms with Crippen LogP contribution in [-0.2, 0) is 12.1 Å². The third kappa shape index (κ3) is 3.44. The van der Waals surface area contributed by atoms with Crippen molar-refractivity contribution in [2.24, 2.45) is 0 Å². The first kappa shape index (κ1) is 17.0. The summed E-state index contributed by atoms with van der Waals surface area (Å²) in [5, 5.41) is 28.6. The molecular weight excluding hydrogens is 346 g/mol. The fourth-order valence-electron chi connectivity index (χ4n) is 2.74. The zero-order chi connectivity index (χ0) is 19.0. The summed E-state index contributed by atoms with van der Waals surface area (Å²) in [7, 11) is 0. The van der Waals surface area contributed by atoms with Crippen LogP contribution in [0.25, 0.3) is 10.9 Å². The Balaban J connectivity index is 1.50. The summed E-state index contributed by atoms with van der Waals surface area (Å²) < 4.78 is 1.68. The minimum Gasteiger partial charge on any atom is -0.384 e. The molecule has 0 aliphatic carbocycles. The van der Waals surface area contributed by atoms with Crippen LogP contribution < -0.4 is 10.9 Å². The summed E-state index contributed by atoms with van der Waals surface area (Å²) >= 11 is 0. The molecule has 3 aromatic heterocycles. The molecule has 4 N–H and O–H groups in total. The summed E-state index contributed by atoms with van der Waals surface area (Å²) in [6.45, 7) is 3.88. The molecule has 9 heteroatoms. The molecule has 0 spiro atoms. The van der Waals surface area contributed by atoms with Crippen LogP contribution in [-0.4, -0.2) is 35.3 Å². The zero-order valence-electron chi connectivity index (χ0n) is 14.9. The number of aromatic nitrogens is 6. The van der Waals surface area contributed by atoms with E-state index >= 15 is 0 Å². The van der Waals surface area contributed by atoms with Gasteiger partial charge in [-0.05, 0) is 37.6 Å². The SMILES string of the molecule is CC(C)(O)c1cn(Cc2ccc(Nc3n[nH]c4cc[nH]c(=O)c34)cc2)nn1.